The van der Waals surface area contributed by atoms with E-state index in [4.69, 9.17) is 10.6 Å². The molecule has 0 bridgehead atoms. The van der Waals surface area contributed by atoms with Crippen LogP contribution in [0.25, 0.3) is 10.4 Å². The van der Waals surface area contributed by atoms with Crippen LogP contribution in [-0.4, -0.2) is 36.9 Å². The number of rotatable bonds is 3. The molecule has 0 spiro atoms. The Labute approximate surface area is 86.3 Å². The molecule has 1 heterocycles. The first-order valence-electron chi connectivity index (χ1n) is 4.26. The molecular formula is C6H10N4O4S. The molecule has 1 saturated heterocycles. The van der Waals surface area contributed by atoms with Crippen molar-refractivity contribution in [2.24, 2.45) is 10.4 Å². The van der Waals surface area contributed by atoms with E-state index in [0.29, 0.717) is 0 Å². The van der Waals surface area contributed by atoms with Gasteiger partial charge in [-0.05, 0) is 18.4 Å². The summed E-state index contributed by atoms with van der Waals surface area (Å²) in [5, 5.41) is 8.68. The van der Waals surface area contributed by atoms with Crippen LogP contribution in [0.1, 0.15) is 12.8 Å². The third kappa shape index (κ3) is 2.82. The van der Waals surface area contributed by atoms with E-state index in [1.807, 2.05) is 0 Å². The van der Waals surface area contributed by atoms with Crippen molar-refractivity contribution in [3.8, 4) is 0 Å². The Morgan fingerprint density at radius 3 is 2.40 bits per heavy atom. The van der Waals surface area contributed by atoms with E-state index >= 15 is 0 Å². The smallest absolute Gasteiger partial charge is 0.306 e. The van der Waals surface area contributed by atoms with Gasteiger partial charge in [-0.25, -0.2) is 8.42 Å². The number of hydrogen-bond acceptors (Lipinski definition) is 3. The highest BCUT2D eigenvalue weighted by molar-refractivity contribution is 7.87. The van der Waals surface area contributed by atoms with Crippen LogP contribution in [0.2, 0.25) is 0 Å². The molecule has 15 heavy (non-hydrogen) atoms. The maximum atomic E-state index is 11.2. The van der Waals surface area contributed by atoms with Gasteiger partial charge < -0.3 is 5.11 Å². The molecule has 84 valence electrons. The van der Waals surface area contributed by atoms with Crippen LogP contribution < -0.4 is 0 Å². The van der Waals surface area contributed by atoms with Crippen LogP contribution in [0.5, 0.6) is 0 Å². The van der Waals surface area contributed by atoms with E-state index in [-0.39, 0.29) is 25.9 Å². The molecule has 0 unspecified atom stereocenters. The van der Waals surface area contributed by atoms with Crippen molar-refractivity contribution in [2.45, 2.75) is 12.8 Å². The fourth-order valence-electron chi connectivity index (χ4n) is 1.43. The van der Waals surface area contributed by atoms with Crippen molar-refractivity contribution in [3.63, 3.8) is 0 Å². The lowest BCUT2D eigenvalue weighted by atomic mass is 9.99. The van der Waals surface area contributed by atoms with Gasteiger partial charge in [0.2, 0.25) is 0 Å². The molecule has 0 radical (unpaired) electrons. The van der Waals surface area contributed by atoms with Gasteiger partial charge in [-0.3, -0.25) is 4.79 Å². The number of hydrogen-bond donors (Lipinski definition) is 1. The summed E-state index contributed by atoms with van der Waals surface area (Å²) in [6, 6.07) is 0. The van der Waals surface area contributed by atoms with Crippen molar-refractivity contribution in [1.82, 2.24) is 4.31 Å². The van der Waals surface area contributed by atoms with Crippen LogP contribution >= 0.6 is 0 Å². The summed E-state index contributed by atoms with van der Waals surface area (Å²) in [6.07, 6.45) is 0.491. The summed E-state index contributed by atoms with van der Waals surface area (Å²) >= 11 is 0. The van der Waals surface area contributed by atoms with Crippen molar-refractivity contribution >= 4 is 16.2 Å². The molecule has 0 aromatic heterocycles. The molecule has 0 atom stereocenters. The van der Waals surface area contributed by atoms with Crippen molar-refractivity contribution in [2.75, 3.05) is 13.1 Å². The van der Waals surface area contributed by atoms with Crippen molar-refractivity contribution in [1.29, 1.82) is 0 Å². The third-order valence-electron chi connectivity index (χ3n) is 2.27. The minimum Gasteiger partial charge on any atom is -0.481 e. The molecule has 0 aromatic rings. The van der Waals surface area contributed by atoms with Gasteiger partial charge in [-0.2, -0.15) is 4.31 Å². The van der Waals surface area contributed by atoms with E-state index in [0.717, 1.165) is 4.31 Å². The van der Waals surface area contributed by atoms with Crippen LogP contribution in [0.3, 0.4) is 0 Å². The van der Waals surface area contributed by atoms with E-state index in [9.17, 15) is 13.2 Å². The molecule has 1 aliphatic rings. The molecule has 0 aliphatic carbocycles. The summed E-state index contributed by atoms with van der Waals surface area (Å²) in [6.45, 7) is 0.163. The maximum absolute atomic E-state index is 11.2. The predicted molar refractivity (Wildman–Crippen MR) is 50.0 cm³/mol. The van der Waals surface area contributed by atoms with E-state index < -0.39 is 22.1 Å². The summed E-state index contributed by atoms with van der Waals surface area (Å²) in [7, 11) is -3.93. The standard InChI is InChI=1S/C6H10N4O4S/c7-8-9-15(13,14)10-3-1-5(2-4-10)6(11)12/h5H,1-4H2,(H,11,12). The minimum atomic E-state index is -3.93. The lowest BCUT2D eigenvalue weighted by molar-refractivity contribution is -0.142. The van der Waals surface area contributed by atoms with Gasteiger partial charge in [0.1, 0.15) is 0 Å². The molecule has 1 rings (SSSR count). The first-order valence-corrected chi connectivity index (χ1v) is 5.66. The van der Waals surface area contributed by atoms with Gasteiger partial charge in [0.05, 0.1) is 5.92 Å². The Bertz CT molecular complexity index is 391. The van der Waals surface area contributed by atoms with Crippen LogP contribution in [0.15, 0.2) is 4.52 Å². The summed E-state index contributed by atoms with van der Waals surface area (Å²) in [4.78, 5) is 12.8. The molecule has 1 aliphatic heterocycles. The van der Waals surface area contributed by atoms with Gasteiger partial charge in [-0.15, -0.1) is 0 Å². The zero-order valence-corrected chi connectivity index (χ0v) is 8.59. The highest BCUT2D eigenvalue weighted by atomic mass is 32.2. The average Bonchev–Trinajstić information content (AvgIpc) is 2.18. The Kier molecular flexibility index (Phi) is 3.51. The van der Waals surface area contributed by atoms with Crippen LogP contribution in [-0.2, 0) is 15.0 Å². The van der Waals surface area contributed by atoms with E-state index in [2.05, 4.69) is 9.43 Å². The largest absolute Gasteiger partial charge is 0.481 e. The Balaban J connectivity index is 2.66. The highest BCUT2D eigenvalue weighted by Crippen LogP contribution is 2.20. The first-order chi connectivity index (χ1) is 6.97. The van der Waals surface area contributed by atoms with Crippen molar-refractivity contribution < 1.29 is 18.3 Å². The normalized spacial score (nSPS) is 19.5. The summed E-state index contributed by atoms with van der Waals surface area (Å²) < 4.78 is 26.1. The van der Waals surface area contributed by atoms with E-state index in [1.54, 1.807) is 0 Å². The molecular weight excluding hydrogens is 224 g/mol. The molecule has 8 nitrogen and oxygen atoms in total. The monoisotopic (exact) mass is 234 g/mol. The molecule has 1 fully saturated rings. The Morgan fingerprint density at radius 2 is 2.00 bits per heavy atom. The Morgan fingerprint density at radius 1 is 1.47 bits per heavy atom. The number of piperidine rings is 1. The zero-order chi connectivity index (χ0) is 11.5. The lowest BCUT2D eigenvalue weighted by Gasteiger charge is -2.27. The third-order valence-corrected chi connectivity index (χ3v) is 3.57. The number of aliphatic carboxylic acids is 1. The predicted octanol–water partition coefficient (Wildman–Crippen LogP) is 0.338. The SMILES string of the molecule is [N-]=[N+]=NS(=O)(=O)N1CCC(C(=O)O)CC1. The average molecular weight is 234 g/mol. The lowest BCUT2D eigenvalue weighted by Crippen LogP contribution is -2.39. The molecule has 0 saturated carbocycles. The summed E-state index contributed by atoms with van der Waals surface area (Å²) in [5.41, 5.74) is 8.03. The second-order valence-electron chi connectivity index (χ2n) is 3.16. The summed E-state index contributed by atoms with van der Waals surface area (Å²) in [5.74, 6) is -1.43. The fourth-order valence-corrected chi connectivity index (χ4v) is 2.30. The van der Waals surface area contributed by atoms with Gasteiger partial charge in [0, 0.05) is 22.5 Å². The van der Waals surface area contributed by atoms with Crippen molar-refractivity contribution in [3.05, 3.63) is 10.4 Å². The number of carboxylic acid groups (broad SMARTS) is 1. The number of nitrogens with zero attached hydrogens (tertiary/aromatic N) is 4. The molecule has 9 heteroatoms. The quantitative estimate of drug-likeness (QED) is 0.429. The van der Waals surface area contributed by atoms with Crippen LogP contribution in [0.4, 0.5) is 0 Å². The topological polar surface area (TPSA) is 123 Å². The van der Waals surface area contributed by atoms with Gasteiger partial charge in [0.25, 0.3) is 0 Å². The molecule has 0 aromatic carbocycles. The van der Waals surface area contributed by atoms with Gasteiger partial charge in [0.15, 0.2) is 0 Å². The van der Waals surface area contributed by atoms with Gasteiger partial charge in [-0.1, -0.05) is 0 Å². The van der Waals surface area contributed by atoms with Gasteiger partial charge >= 0.3 is 16.2 Å². The molecule has 1 N–H and O–H groups in total. The zero-order valence-electron chi connectivity index (χ0n) is 7.77. The fraction of sp³-hybridized carbons (Fsp3) is 0.833. The van der Waals surface area contributed by atoms with E-state index in [1.165, 1.54) is 0 Å². The molecule has 0 amide bonds. The number of carbonyl (C=O) groups is 1. The number of carboxylic acids is 1. The Hall–Kier alpha value is -1.31. The van der Waals surface area contributed by atoms with Crippen LogP contribution in [0, 0.1) is 5.92 Å². The first kappa shape index (κ1) is 11.8. The number of azide groups is 1. The second-order valence-corrected chi connectivity index (χ2v) is 4.74. The maximum Gasteiger partial charge on any atom is 0.306 e. The minimum absolute atomic E-state index is 0.0817. The highest BCUT2D eigenvalue weighted by Gasteiger charge is 2.30. The second kappa shape index (κ2) is 4.47.